The van der Waals surface area contributed by atoms with Gasteiger partial charge in [0.2, 0.25) is 0 Å². The quantitative estimate of drug-likeness (QED) is 0.792. The molecule has 0 aliphatic heterocycles. The number of aryl methyl sites for hydroxylation is 2. The molecule has 0 unspecified atom stereocenters. The summed E-state index contributed by atoms with van der Waals surface area (Å²) in [5.74, 6) is -0.0526. The van der Waals surface area contributed by atoms with E-state index in [1.54, 1.807) is 6.20 Å². The van der Waals surface area contributed by atoms with Gasteiger partial charge in [0, 0.05) is 24.5 Å². The summed E-state index contributed by atoms with van der Waals surface area (Å²) in [4.78, 5) is 12.0. The van der Waals surface area contributed by atoms with Crippen LogP contribution in [0.4, 0.5) is 0 Å². The number of hydrogen-bond acceptors (Lipinski definition) is 3. The smallest absolute Gasteiger partial charge is 0.251 e. The Morgan fingerprint density at radius 3 is 2.90 bits per heavy atom. The van der Waals surface area contributed by atoms with Gasteiger partial charge in [-0.15, -0.1) is 0 Å². The van der Waals surface area contributed by atoms with Crippen LogP contribution in [0.15, 0.2) is 36.7 Å². The van der Waals surface area contributed by atoms with Crippen molar-refractivity contribution in [2.75, 3.05) is 19.8 Å². The Kier molecular flexibility index (Phi) is 5.51. The van der Waals surface area contributed by atoms with E-state index in [-0.39, 0.29) is 5.91 Å². The molecule has 0 bridgehead atoms. The Labute approximate surface area is 124 Å². The molecule has 1 N–H and O–H groups in total. The number of nitrogens with one attached hydrogen (secondary N) is 1. The van der Waals surface area contributed by atoms with Gasteiger partial charge in [0.25, 0.3) is 5.91 Å². The van der Waals surface area contributed by atoms with E-state index in [0.717, 1.165) is 23.2 Å². The van der Waals surface area contributed by atoms with Crippen LogP contribution in [-0.2, 0) is 11.3 Å². The van der Waals surface area contributed by atoms with Crippen LogP contribution < -0.4 is 5.32 Å². The van der Waals surface area contributed by atoms with Gasteiger partial charge in [0.15, 0.2) is 0 Å². The van der Waals surface area contributed by atoms with E-state index in [1.165, 1.54) is 0 Å². The highest BCUT2D eigenvalue weighted by Gasteiger charge is 2.07. The lowest BCUT2D eigenvalue weighted by Crippen LogP contribution is -2.28. The van der Waals surface area contributed by atoms with E-state index in [9.17, 15) is 4.79 Å². The Balaban J connectivity index is 1.65. The van der Waals surface area contributed by atoms with Crippen LogP contribution in [0.3, 0.4) is 0 Å². The van der Waals surface area contributed by atoms with Crippen molar-refractivity contribution < 1.29 is 9.53 Å². The second kappa shape index (κ2) is 7.59. The van der Waals surface area contributed by atoms with Crippen LogP contribution in [0.1, 0.15) is 21.5 Å². The van der Waals surface area contributed by atoms with Gasteiger partial charge in [-0.3, -0.25) is 9.48 Å². The number of carbonyl (C=O) groups excluding carboxylic acids is 1. The summed E-state index contributed by atoms with van der Waals surface area (Å²) in [6.07, 6.45) is 3.63. The summed E-state index contributed by atoms with van der Waals surface area (Å²) in [7, 11) is 0. The van der Waals surface area contributed by atoms with E-state index in [2.05, 4.69) is 10.4 Å². The van der Waals surface area contributed by atoms with Gasteiger partial charge in [-0.25, -0.2) is 0 Å². The van der Waals surface area contributed by atoms with Crippen molar-refractivity contribution in [3.8, 4) is 0 Å². The molecular formula is C16H21N3O2. The van der Waals surface area contributed by atoms with E-state index in [0.29, 0.717) is 19.8 Å². The van der Waals surface area contributed by atoms with Crippen molar-refractivity contribution in [2.24, 2.45) is 0 Å². The summed E-state index contributed by atoms with van der Waals surface area (Å²) in [5, 5.41) is 6.95. The lowest BCUT2D eigenvalue weighted by Gasteiger charge is -2.09. The maximum absolute atomic E-state index is 12.0. The molecule has 1 aromatic carbocycles. The molecule has 0 atom stereocenters. The number of nitrogens with zero attached hydrogens (tertiary/aromatic N) is 2. The van der Waals surface area contributed by atoms with Gasteiger partial charge in [-0.05, 0) is 31.5 Å². The minimum atomic E-state index is -0.0526. The van der Waals surface area contributed by atoms with E-state index < -0.39 is 0 Å². The fourth-order valence-corrected chi connectivity index (χ4v) is 2.09. The maximum atomic E-state index is 12.0. The van der Waals surface area contributed by atoms with Gasteiger partial charge in [-0.1, -0.05) is 17.7 Å². The Morgan fingerprint density at radius 2 is 2.19 bits per heavy atom. The predicted octanol–water partition coefficient (Wildman–Crippen LogP) is 1.95. The van der Waals surface area contributed by atoms with E-state index in [4.69, 9.17) is 4.74 Å². The highest BCUT2D eigenvalue weighted by atomic mass is 16.5. The minimum absolute atomic E-state index is 0.0526. The van der Waals surface area contributed by atoms with Crippen LogP contribution >= 0.6 is 0 Å². The fraction of sp³-hybridized carbons (Fsp3) is 0.375. The molecule has 0 spiro atoms. The number of benzene rings is 1. The Bertz CT molecular complexity index is 579. The molecular weight excluding hydrogens is 266 g/mol. The fourth-order valence-electron chi connectivity index (χ4n) is 2.09. The first-order valence-electron chi connectivity index (χ1n) is 7.07. The highest BCUT2D eigenvalue weighted by molar-refractivity contribution is 5.95. The van der Waals surface area contributed by atoms with Crippen molar-refractivity contribution in [1.29, 1.82) is 0 Å². The van der Waals surface area contributed by atoms with Gasteiger partial charge < -0.3 is 10.1 Å². The summed E-state index contributed by atoms with van der Waals surface area (Å²) >= 11 is 0. The second-order valence-corrected chi connectivity index (χ2v) is 4.96. The third-order valence-electron chi connectivity index (χ3n) is 3.18. The number of aromatic nitrogens is 2. The second-order valence-electron chi connectivity index (χ2n) is 4.96. The predicted molar refractivity (Wildman–Crippen MR) is 81.3 cm³/mol. The average Bonchev–Trinajstić information content (AvgIpc) is 2.95. The highest BCUT2D eigenvalue weighted by Crippen LogP contribution is 2.10. The molecule has 5 heteroatoms. The molecule has 5 nitrogen and oxygen atoms in total. The standard InChI is InChI=1S/C16H21N3O2/c1-13-4-5-15(14(2)12-13)16(20)17-7-10-21-11-9-19-8-3-6-18-19/h3-6,8,12H,7,9-11H2,1-2H3,(H,17,20). The molecule has 1 heterocycles. The van der Waals surface area contributed by atoms with Crippen molar-refractivity contribution in [3.63, 3.8) is 0 Å². The summed E-state index contributed by atoms with van der Waals surface area (Å²) in [6, 6.07) is 7.70. The largest absolute Gasteiger partial charge is 0.378 e. The number of ether oxygens (including phenoxy) is 1. The third-order valence-corrected chi connectivity index (χ3v) is 3.18. The molecule has 1 aromatic heterocycles. The van der Waals surface area contributed by atoms with Crippen molar-refractivity contribution in [3.05, 3.63) is 53.3 Å². The first-order valence-corrected chi connectivity index (χ1v) is 7.07. The van der Waals surface area contributed by atoms with Crippen LogP contribution in [0.25, 0.3) is 0 Å². The summed E-state index contributed by atoms with van der Waals surface area (Å²) in [6.45, 7) is 6.27. The monoisotopic (exact) mass is 287 g/mol. The summed E-state index contributed by atoms with van der Waals surface area (Å²) in [5.41, 5.74) is 2.87. The molecule has 0 fully saturated rings. The SMILES string of the molecule is Cc1ccc(C(=O)NCCOCCn2cccn2)c(C)c1. The van der Waals surface area contributed by atoms with Crippen LogP contribution in [0, 0.1) is 13.8 Å². The zero-order valence-electron chi connectivity index (χ0n) is 12.5. The first-order chi connectivity index (χ1) is 10.2. The molecule has 0 aliphatic carbocycles. The van der Waals surface area contributed by atoms with Crippen LogP contribution in [0.2, 0.25) is 0 Å². The first kappa shape index (κ1) is 15.3. The molecule has 21 heavy (non-hydrogen) atoms. The number of carbonyl (C=O) groups is 1. The minimum Gasteiger partial charge on any atom is -0.378 e. The maximum Gasteiger partial charge on any atom is 0.251 e. The Morgan fingerprint density at radius 1 is 1.33 bits per heavy atom. The molecule has 2 rings (SSSR count). The lowest BCUT2D eigenvalue weighted by atomic mass is 10.1. The lowest BCUT2D eigenvalue weighted by molar-refractivity contribution is 0.0905. The van der Waals surface area contributed by atoms with E-state index in [1.807, 2.05) is 49.0 Å². The molecule has 1 amide bonds. The third kappa shape index (κ3) is 4.72. The van der Waals surface area contributed by atoms with Gasteiger partial charge in [0.1, 0.15) is 0 Å². The number of rotatable bonds is 7. The van der Waals surface area contributed by atoms with Crippen molar-refractivity contribution in [2.45, 2.75) is 20.4 Å². The molecule has 2 aromatic rings. The zero-order chi connectivity index (χ0) is 15.1. The average molecular weight is 287 g/mol. The Hall–Kier alpha value is -2.14. The van der Waals surface area contributed by atoms with Gasteiger partial charge >= 0.3 is 0 Å². The molecule has 0 radical (unpaired) electrons. The molecule has 0 saturated carbocycles. The summed E-state index contributed by atoms with van der Waals surface area (Å²) < 4.78 is 7.28. The van der Waals surface area contributed by atoms with E-state index >= 15 is 0 Å². The van der Waals surface area contributed by atoms with Crippen LogP contribution in [0.5, 0.6) is 0 Å². The van der Waals surface area contributed by atoms with Gasteiger partial charge in [-0.2, -0.15) is 5.10 Å². The zero-order valence-corrected chi connectivity index (χ0v) is 12.5. The normalized spacial score (nSPS) is 10.6. The molecule has 112 valence electrons. The van der Waals surface area contributed by atoms with Gasteiger partial charge in [0.05, 0.1) is 19.8 Å². The van der Waals surface area contributed by atoms with Crippen molar-refractivity contribution in [1.82, 2.24) is 15.1 Å². The number of amides is 1. The molecule has 0 saturated heterocycles. The topological polar surface area (TPSA) is 56.1 Å². The van der Waals surface area contributed by atoms with Crippen LogP contribution in [-0.4, -0.2) is 35.4 Å². The number of hydrogen-bond donors (Lipinski definition) is 1. The van der Waals surface area contributed by atoms with Crippen molar-refractivity contribution >= 4 is 5.91 Å². The molecule has 0 aliphatic rings.